The summed E-state index contributed by atoms with van der Waals surface area (Å²) >= 11 is 5.69. The van der Waals surface area contributed by atoms with Crippen molar-refractivity contribution in [3.63, 3.8) is 0 Å². The van der Waals surface area contributed by atoms with Gasteiger partial charge in [0.05, 0.1) is 16.4 Å². The second-order valence-corrected chi connectivity index (χ2v) is 4.04. The fourth-order valence-electron chi connectivity index (χ4n) is 1.64. The van der Waals surface area contributed by atoms with Crippen LogP contribution in [0, 0.1) is 5.82 Å². The van der Waals surface area contributed by atoms with E-state index >= 15 is 0 Å². The number of nitrogen functional groups attached to an aromatic ring is 1. The molecule has 0 amide bonds. The fourth-order valence-corrected chi connectivity index (χ4v) is 1.81. The molecule has 0 fully saturated rings. The van der Waals surface area contributed by atoms with Gasteiger partial charge in [0.2, 0.25) is 0 Å². The van der Waals surface area contributed by atoms with Crippen molar-refractivity contribution in [2.75, 3.05) is 11.1 Å². The van der Waals surface area contributed by atoms with Crippen LogP contribution < -0.4 is 11.1 Å². The fraction of sp³-hybridized carbons (Fsp3) is 0.273. The van der Waals surface area contributed by atoms with Crippen LogP contribution in [-0.4, -0.2) is 6.04 Å². The zero-order valence-corrected chi connectivity index (χ0v) is 8.89. The van der Waals surface area contributed by atoms with E-state index in [2.05, 4.69) is 17.5 Å². The molecule has 0 unspecified atom stereocenters. The average molecular weight is 227 g/mol. The van der Waals surface area contributed by atoms with Gasteiger partial charge in [-0.1, -0.05) is 23.8 Å². The Morgan fingerprint density at radius 3 is 2.67 bits per heavy atom. The molecule has 0 saturated carbocycles. The standard InChI is InChI=1S/C11H12ClFN2/c12-8-5-11(10(14)6-9(8)13)15-7-3-1-2-4-7/h1-2,5-7,15H,3-4,14H2. The van der Waals surface area contributed by atoms with Crippen LogP contribution in [-0.2, 0) is 0 Å². The van der Waals surface area contributed by atoms with Crippen molar-refractivity contribution >= 4 is 23.0 Å². The molecule has 4 heteroatoms. The van der Waals surface area contributed by atoms with Crippen LogP contribution in [0.2, 0.25) is 5.02 Å². The molecular formula is C11H12ClFN2. The third-order valence-electron chi connectivity index (χ3n) is 2.46. The van der Waals surface area contributed by atoms with E-state index < -0.39 is 5.82 Å². The maximum absolute atomic E-state index is 13.0. The van der Waals surface area contributed by atoms with Crippen LogP contribution in [0.25, 0.3) is 0 Å². The van der Waals surface area contributed by atoms with E-state index in [0.717, 1.165) is 12.8 Å². The lowest BCUT2D eigenvalue weighted by Gasteiger charge is -2.15. The molecule has 2 nitrogen and oxygen atoms in total. The van der Waals surface area contributed by atoms with Gasteiger partial charge in [0.25, 0.3) is 0 Å². The van der Waals surface area contributed by atoms with E-state index in [0.29, 0.717) is 17.4 Å². The van der Waals surface area contributed by atoms with Gasteiger partial charge in [0.1, 0.15) is 5.82 Å². The van der Waals surface area contributed by atoms with Crippen molar-refractivity contribution in [2.45, 2.75) is 18.9 Å². The predicted molar refractivity (Wildman–Crippen MR) is 61.6 cm³/mol. The normalized spacial score (nSPS) is 15.9. The minimum absolute atomic E-state index is 0.0951. The zero-order chi connectivity index (χ0) is 10.8. The van der Waals surface area contributed by atoms with Gasteiger partial charge in [-0.2, -0.15) is 0 Å². The van der Waals surface area contributed by atoms with E-state index in [1.807, 2.05) is 0 Å². The van der Waals surface area contributed by atoms with Crippen molar-refractivity contribution in [3.05, 3.63) is 35.1 Å². The summed E-state index contributed by atoms with van der Waals surface area (Å²) in [5, 5.41) is 3.33. The molecule has 80 valence electrons. The van der Waals surface area contributed by atoms with Crippen LogP contribution in [0.1, 0.15) is 12.8 Å². The van der Waals surface area contributed by atoms with E-state index in [9.17, 15) is 4.39 Å². The van der Waals surface area contributed by atoms with Crippen LogP contribution in [0.4, 0.5) is 15.8 Å². The van der Waals surface area contributed by atoms with E-state index in [-0.39, 0.29) is 5.02 Å². The summed E-state index contributed by atoms with van der Waals surface area (Å²) in [6.07, 6.45) is 6.15. The van der Waals surface area contributed by atoms with Gasteiger partial charge in [-0.05, 0) is 18.9 Å². The second kappa shape index (κ2) is 4.11. The first kappa shape index (κ1) is 10.3. The Hall–Kier alpha value is -1.22. The lowest BCUT2D eigenvalue weighted by Crippen LogP contribution is -2.16. The van der Waals surface area contributed by atoms with Crippen LogP contribution in [0.5, 0.6) is 0 Å². The SMILES string of the molecule is Nc1cc(F)c(Cl)cc1NC1CC=CC1. The molecule has 0 aliphatic heterocycles. The van der Waals surface area contributed by atoms with E-state index in [1.165, 1.54) is 12.1 Å². The van der Waals surface area contributed by atoms with E-state index in [4.69, 9.17) is 17.3 Å². The van der Waals surface area contributed by atoms with Crippen molar-refractivity contribution < 1.29 is 4.39 Å². The zero-order valence-electron chi connectivity index (χ0n) is 8.13. The molecule has 2 rings (SSSR count). The number of anilines is 2. The van der Waals surface area contributed by atoms with Gasteiger partial charge in [0.15, 0.2) is 0 Å². The smallest absolute Gasteiger partial charge is 0.143 e. The van der Waals surface area contributed by atoms with Gasteiger partial charge < -0.3 is 11.1 Å². The number of rotatable bonds is 2. The molecule has 15 heavy (non-hydrogen) atoms. The first-order chi connectivity index (χ1) is 7.16. The Balaban J connectivity index is 2.17. The lowest BCUT2D eigenvalue weighted by molar-refractivity contribution is 0.629. The lowest BCUT2D eigenvalue weighted by atomic mass is 10.2. The highest BCUT2D eigenvalue weighted by molar-refractivity contribution is 6.31. The average Bonchev–Trinajstić information content (AvgIpc) is 2.67. The second-order valence-electron chi connectivity index (χ2n) is 3.64. The first-order valence-corrected chi connectivity index (χ1v) is 5.20. The number of benzene rings is 1. The monoisotopic (exact) mass is 226 g/mol. The summed E-state index contributed by atoms with van der Waals surface area (Å²) in [6.45, 7) is 0. The summed E-state index contributed by atoms with van der Waals surface area (Å²) in [7, 11) is 0. The molecule has 0 radical (unpaired) electrons. The van der Waals surface area contributed by atoms with Crippen molar-refractivity contribution in [1.29, 1.82) is 0 Å². The molecule has 1 aromatic carbocycles. The van der Waals surface area contributed by atoms with Crippen LogP contribution >= 0.6 is 11.6 Å². The number of hydrogen-bond donors (Lipinski definition) is 2. The van der Waals surface area contributed by atoms with Crippen molar-refractivity contribution in [3.8, 4) is 0 Å². The Labute approximate surface area is 92.9 Å². The largest absolute Gasteiger partial charge is 0.397 e. The van der Waals surface area contributed by atoms with Crippen LogP contribution in [0.3, 0.4) is 0 Å². The maximum atomic E-state index is 13.0. The van der Waals surface area contributed by atoms with Gasteiger partial charge in [-0.15, -0.1) is 0 Å². The number of nitrogens with one attached hydrogen (secondary N) is 1. The Bertz CT molecular complexity index is 396. The van der Waals surface area contributed by atoms with Crippen molar-refractivity contribution in [2.24, 2.45) is 0 Å². The highest BCUT2D eigenvalue weighted by atomic mass is 35.5. The predicted octanol–water partition coefficient (Wildman–Crippen LogP) is 3.19. The maximum Gasteiger partial charge on any atom is 0.143 e. The minimum Gasteiger partial charge on any atom is -0.397 e. The molecule has 0 spiro atoms. The molecule has 0 aromatic heterocycles. The number of nitrogens with two attached hydrogens (primary N) is 1. The Morgan fingerprint density at radius 2 is 2.00 bits per heavy atom. The topological polar surface area (TPSA) is 38.0 Å². The van der Waals surface area contributed by atoms with E-state index in [1.54, 1.807) is 0 Å². The molecule has 0 bridgehead atoms. The molecule has 0 saturated heterocycles. The third kappa shape index (κ3) is 2.23. The molecule has 1 aromatic rings. The first-order valence-electron chi connectivity index (χ1n) is 4.83. The third-order valence-corrected chi connectivity index (χ3v) is 2.75. The molecular weight excluding hydrogens is 215 g/mol. The Kier molecular flexibility index (Phi) is 2.82. The molecule has 0 heterocycles. The van der Waals surface area contributed by atoms with Crippen molar-refractivity contribution in [1.82, 2.24) is 0 Å². The molecule has 1 aliphatic carbocycles. The summed E-state index contributed by atoms with van der Waals surface area (Å²) in [5.74, 6) is -0.482. The molecule has 0 atom stereocenters. The summed E-state index contributed by atoms with van der Waals surface area (Å²) in [5.41, 5.74) is 6.78. The highest BCUT2D eigenvalue weighted by Crippen LogP contribution is 2.28. The quantitative estimate of drug-likeness (QED) is 0.600. The van der Waals surface area contributed by atoms with Gasteiger partial charge >= 0.3 is 0 Å². The Morgan fingerprint density at radius 1 is 1.33 bits per heavy atom. The van der Waals surface area contributed by atoms with Gasteiger partial charge in [-0.3, -0.25) is 0 Å². The minimum atomic E-state index is -0.482. The highest BCUT2D eigenvalue weighted by Gasteiger charge is 2.12. The number of halogens is 2. The summed E-state index contributed by atoms with van der Waals surface area (Å²) in [4.78, 5) is 0. The molecule has 3 N–H and O–H groups in total. The summed E-state index contributed by atoms with van der Waals surface area (Å²) in [6, 6.07) is 3.12. The molecule has 1 aliphatic rings. The van der Waals surface area contributed by atoms with Gasteiger partial charge in [-0.25, -0.2) is 4.39 Å². The van der Waals surface area contributed by atoms with Crippen LogP contribution in [0.15, 0.2) is 24.3 Å². The summed E-state index contributed by atoms with van der Waals surface area (Å²) < 4.78 is 13.0. The van der Waals surface area contributed by atoms with Gasteiger partial charge in [0, 0.05) is 12.1 Å². The number of hydrogen-bond acceptors (Lipinski definition) is 2.